The Labute approximate surface area is 126 Å². The Morgan fingerprint density at radius 1 is 1.24 bits per heavy atom. The van der Waals surface area contributed by atoms with E-state index in [0.29, 0.717) is 19.3 Å². The van der Waals surface area contributed by atoms with E-state index in [-0.39, 0.29) is 5.91 Å². The number of carbonyl (C=O) groups is 1. The van der Waals surface area contributed by atoms with Crippen molar-refractivity contribution in [3.8, 4) is 0 Å². The van der Waals surface area contributed by atoms with Crippen LogP contribution in [0.5, 0.6) is 0 Å². The maximum Gasteiger partial charge on any atom is 0.244 e. The van der Waals surface area contributed by atoms with Crippen molar-refractivity contribution >= 4 is 17.7 Å². The van der Waals surface area contributed by atoms with E-state index in [9.17, 15) is 4.79 Å². The number of benzene rings is 1. The fourth-order valence-corrected chi connectivity index (χ4v) is 2.47. The molecule has 0 heterocycles. The van der Waals surface area contributed by atoms with Crippen LogP contribution in [0.25, 0.3) is 6.08 Å². The predicted molar refractivity (Wildman–Crippen MR) is 85.7 cm³/mol. The number of nitrogens with one attached hydrogen (secondary N) is 1. The molecule has 0 unspecified atom stereocenters. The second-order valence-corrected chi connectivity index (χ2v) is 5.42. The lowest BCUT2D eigenvalue weighted by molar-refractivity contribution is -0.116. The molecule has 0 saturated heterocycles. The minimum absolute atomic E-state index is 0.0981. The first kappa shape index (κ1) is 15.6. The Kier molecular flexibility index (Phi) is 6.28. The highest BCUT2D eigenvalue weighted by Gasteiger charge is 2.12. The highest BCUT2D eigenvalue weighted by molar-refractivity contribution is 5.91. The molecule has 2 rings (SSSR count). The summed E-state index contributed by atoms with van der Waals surface area (Å²) in [5, 5.41) is 2.83. The Bertz CT molecular complexity index is 462. The zero-order valence-electron chi connectivity index (χ0n) is 12.4. The molecule has 1 aromatic carbocycles. The molecule has 1 aliphatic carbocycles. The minimum Gasteiger partial charge on any atom is -0.399 e. The molecule has 0 aliphatic heterocycles. The molecule has 1 aliphatic rings. The molecule has 0 spiro atoms. The normalized spacial score (nSPS) is 16.2. The van der Waals surface area contributed by atoms with Crippen LogP contribution >= 0.6 is 0 Å². The third-order valence-corrected chi connectivity index (χ3v) is 3.67. The summed E-state index contributed by atoms with van der Waals surface area (Å²) in [5.74, 6) is -0.0981. The van der Waals surface area contributed by atoms with E-state index in [1.54, 1.807) is 6.08 Å². The highest BCUT2D eigenvalue weighted by atomic mass is 16.5. The minimum atomic E-state index is -0.0981. The van der Waals surface area contributed by atoms with Gasteiger partial charge in [-0.25, -0.2) is 0 Å². The lowest BCUT2D eigenvalue weighted by Crippen LogP contribution is -2.28. The van der Waals surface area contributed by atoms with E-state index in [1.807, 2.05) is 24.3 Å². The van der Waals surface area contributed by atoms with E-state index in [0.717, 1.165) is 24.1 Å². The quantitative estimate of drug-likeness (QED) is 0.480. The van der Waals surface area contributed by atoms with Crippen LogP contribution < -0.4 is 11.1 Å². The van der Waals surface area contributed by atoms with Crippen LogP contribution in [0, 0.1) is 0 Å². The van der Waals surface area contributed by atoms with Gasteiger partial charge in [0.1, 0.15) is 0 Å². The van der Waals surface area contributed by atoms with Crippen LogP contribution in [0.15, 0.2) is 30.3 Å². The zero-order chi connectivity index (χ0) is 14.9. The molecule has 4 heteroatoms. The lowest BCUT2D eigenvalue weighted by atomic mass is 9.98. The van der Waals surface area contributed by atoms with Gasteiger partial charge in [-0.15, -0.1) is 0 Å². The number of carbonyl (C=O) groups excluding carboxylic acids is 1. The molecule has 0 bridgehead atoms. The number of hydrogen-bond acceptors (Lipinski definition) is 3. The zero-order valence-corrected chi connectivity index (χ0v) is 12.4. The number of hydrogen-bond donors (Lipinski definition) is 2. The summed E-state index contributed by atoms with van der Waals surface area (Å²) in [5.41, 5.74) is 7.28. The summed E-state index contributed by atoms with van der Waals surface area (Å²) in [6.45, 7) is 1.15. The number of nitrogens with two attached hydrogens (primary N) is 1. The molecule has 0 atom stereocenters. The van der Waals surface area contributed by atoms with Crippen LogP contribution in [0.1, 0.15) is 37.7 Å². The molecule has 114 valence electrons. The number of anilines is 1. The van der Waals surface area contributed by atoms with Crippen molar-refractivity contribution < 1.29 is 9.53 Å². The van der Waals surface area contributed by atoms with Gasteiger partial charge < -0.3 is 15.8 Å². The first-order valence-electron chi connectivity index (χ1n) is 7.67. The molecule has 21 heavy (non-hydrogen) atoms. The fourth-order valence-electron chi connectivity index (χ4n) is 2.47. The summed E-state index contributed by atoms with van der Waals surface area (Å²) < 4.78 is 5.76. The van der Waals surface area contributed by atoms with E-state index in [1.165, 1.54) is 25.3 Å². The lowest BCUT2D eigenvalue weighted by Gasteiger charge is -2.21. The van der Waals surface area contributed by atoms with Crippen LogP contribution in [-0.2, 0) is 9.53 Å². The maximum absolute atomic E-state index is 11.7. The van der Waals surface area contributed by atoms with E-state index >= 15 is 0 Å². The average Bonchev–Trinajstić information content (AvgIpc) is 2.52. The molecular weight excluding hydrogens is 264 g/mol. The van der Waals surface area contributed by atoms with Gasteiger partial charge >= 0.3 is 0 Å². The van der Waals surface area contributed by atoms with Crippen LogP contribution in [0.3, 0.4) is 0 Å². The maximum atomic E-state index is 11.7. The van der Waals surface area contributed by atoms with Gasteiger partial charge in [-0.2, -0.15) is 0 Å². The summed E-state index contributed by atoms with van der Waals surface area (Å²) in [6, 6.07) is 7.39. The molecule has 3 N–H and O–H groups in total. The van der Waals surface area contributed by atoms with Crippen LogP contribution in [0.2, 0.25) is 0 Å². The standard InChI is InChI=1S/C17H24N2O2/c18-15-9-6-14(7-10-15)8-11-17(20)19-12-13-21-16-4-2-1-3-5-16/h6-11,16H,1-5,12-13,18H2,(H,19,20)/b11-8+. The molecular formula is C17H24N2O2. The summed E-state index contributed by atoms with van der Waals surface area (Å²) in [6.07, 6.45) is 9.87. The SMILES string of the molecule is Nc1ccc(/C=C/C(=O)NCCOC2CCCCC2)cc1. The van der Waals surface area contributed by atoms with Crippen molar-refractivity contribution in [1.82, 2.24) is 5.32 Å². The second-order valence-electron chi connectivity index (χ2n) is 5.42. The number of rotatable bonds is 6. The van der Waals surface area contributed by atoms with Crippen molar-refractivity contribution in [2.75, 3.05) is 18.9 Å². The fraction of sp³-hybridized carbons (Fsp3) is 0.471. The highest BCUT2D eigenvalue weighted by Crippen LogP contribution is 2.19. The molecule has 1 amide bonds. The van der Waals surface area contributed by atoms with Crippen molar-refractivity contribution in [3.05, 3.63) is 35.9 Å². The van der Waals surface area contributed by atoms with Gasteiger partial charge in [-0.1, -0.05) is 31.4 Å². The first-order valence-corrected chi connectivity index (χ1v) is 7.67. The summed E-state index contributed by atoms with van der Waals surface area (Å²) in [4.78, 5) is 11.7. The van der Waals surface area contributed by atoms with Gasteiger partial charge in [-0.3, -0.25) is 4.79 Å². The predicted octanol–water partition coefficient (Wildman–Crippen LogP) is 2.75. The smallest absolute Gasteiger partial charge is 0.244 e. The number of ether oxygens (including phenoxy) is 1. The van der Waals surface area contributed by atoms with Gasteiger partial charge in [0.05, 0.1) is 12.7 Å². The van der Waals surface area contributed by atoms with Crippen molar-refractivity contribution in [3.63, 3.8) is 0 Å². The Balaban J connectivity index is 1.61. The molecule has 1 aromatic rings. The Morgan fingerprint density at radius 2 is 1.95 bits per heavy atom. The van der Waals surface area contributed by atoms with E-state index < -0.39 is 0 Å². The van der Waals surface area contributed by atoms with E-state index in [2.05, 4.69) is 5.32 Å². The van der Waals surface area contributed by atoms with Gasteiger partial charge in [0, 0.05) is 18.3 Å². The van der Waals surface area contributed by atoms with Crippen LogP contribution in [0.4, 0.5) is 5.69 Å². The molecule has 1 fully saturated rings. The van der Waals surface area contributed by atoms with Crippen molar-refractivity contribution in [2.24, 2.45) is 0 Å². The van der Waals surface area contributed by atoms with Gasteiger partial charge in [0.15, 0.2) is 0 Å². The van der Waals surface area contributed by atoms with Crippen molar-refractivity contribution in [1.29, 1.82) is 0 Å². The summed E-state index contributed by atoms with van der Waals surface area (Å²) >= 11 is 0. The topological polar surface area (TPSA) is 64.4 Å². The number of nitrogen functional groups attached to an aromatic ring is 1. The molecule has 1 saturated carbocycles. The van der Waals surface area contributed by atoms with Gasteiger partial charge in [0.2, 0.25) is 5.91 Å². The Morgan fingerprint density at radius 3 is 2.67 bits per heavy atom. The molecule has 0 aromatic heterocycles. The molecule has 4 nitrogen and oxygen atoms in total. The Hall–Kier alpha value is -1.81. The monoisotopic (exact) mass is 288 g/mol. The number of amides is 1. The first-order chi connectivity index (χ1) is 10.2. The van der Waals surface area contributed by atoms with Gasteiger partial charge in [0.25, 0.3) is 0 Å². The largest absolute Gasteiger partial charge is 0.399 e. The van der Waals surface area contributed by atoms with Crippen molar-refractivity contribution in [2.45, 2.75) is 38.2 Å². The molecule has 0 radical (unpaired) electrons. The summed E-state index contributed by atoms with van der Waals surface area (Å²) in [7, 11) is 0. The average molecular weight is 288 g/mol. The van der Waals surface area contributed by atoms with Gasteiger partial charge in [-0.05, 0) is 36.6 Å². The van der Waals surface area contributed by atoms with E-state index in [4.69, 9.17) is 10.5 Å². The third kappa shape index (κ3) is 6.00. The third-order valence-electron chi connectivity index (χ3n) is 3.67. The van der Waals surface area contributed by atoms with Crippen LogP contribution in [-0.4, -0.2) is 25.2 Å². The second kappa shape index (κ2) is 8.47.